The first-order valence-corrected chi connectivity index (χ1v) is 8.77. The van der Waals surface area contributed by atoms with Crippen LogP contribution in [0.25, 0.3) is 10.9 Å². The van der Waals surface area contributed by atoms with Crippen molar-refractivity contribution >= 4 is 28.8 Å². The van der Waals surface area contributed by atoms with Crippen molar-refractivity contribution in [3.8, 4) is 5.75 Å². The highest BCUT2D eigenvalue weighted by Gasteiger charge is 2.15. The third kappa shape index (κ3) is 4.18. The van der Waals surface area contributed by atoms with Crippen molar-refractivity contribution < 1.29 is 14.6 Å². The summed E-state index contributed by atoms with van der Waals surface area (Å²) in [4.78, 5) is 40.4. The number of ether oxygens (including phenoxy) is 1. The molecule has 0 unspecified atom stereocenters. The Bertz CT molecular complexity index is 1210. The van der Waals surface area contributed by atoms with Gasteiger partial charge in [-0.3, -0.25) is 4.79 Å². The number of anilines is 1. The maximum absolute atomic E-state index is 12.6. The number of benzene rings is 2. The molecule has 1 atom stereocenters. The van der Waals surface area contributed by atoms with Gasteiger partial charge < -0.3 is 19.7 Å². The van der Waals surface area contributed by atoms with Crippen LogP contribution in [-0.4, -0.2) is 47.1 Å². The van der Waals surface area contributed by atoms with Gasteiger partial charge in [0.05, 0.1) is 17.1 Å². The second-order valence-corrected chi connectivity index (χ2v) is 6.55. The van der Waals surface area contributed by atoms with Crippen molar-refractivity contribution in [1.29, 1.82) is 0 Å². The van der Waals surface area contributed by atoms with Crippen LogP contribution in [0.4, 0.5) is 5.69 Å². The van der Waals surface area contributed by atoms with Crippen LogP contribution in [0.15, 0.2) is 57.2 Å². The van der Waals surface area contributed by atoms with Crippen LogP contribution in [0.5, 0.6) is 5.75 Å². The highest BCUT2D eigenvalue weighted by Crippen LogP contribution is 2.25. The highest BCUT2D eigenvalue weighted by atomic mass is 16.5. The zero-order valence-corrected chi connectivity index (χ0v) is 16.1. The SMILES string of the molecule is C[C@H](Oc1cc(N(C)C)ccc1C=Nn1c(=O)[nH]c2ccccc2c1=O)C(=O)O. The van der Waals surface area contributed by atoms with E-state index < -0.39 is 23.3 Å². The Morgan fingerprint density at radius 2 is 1.97 bits per heavy atom. The number of aliphatic carboxylic acids is 1. The third-order valence-electron chi connectivity index (χ3n) is 4.26. The average Bonchev–Trinajstić information content (AvgIpc) is 2.68. The zero-order chi connectivity index (χ0) is 21.1. The van der Waals surface area contributed by atoms with Crippen molar-refractivity contribution in [2.24, 2.45) is 5.10 Å². The second kappa shape index (κ2) is 8.01. The number of aromatic nitrogens is 2. The topological polar surface area (TPSA) is 117 Å². The Balaban J connectivity index is 2.06. The van der Waals surface area contributed by atoms with E-state index in [1.807, 2.05) is 19.0 Å². The van der Waals surface area contributed by atoms with Gasteiger partial charge in [0.2, 0.25) is 0 Å². The monoisotopic (exact) mass is 396 g/mol. The van der Waals surface area contributed by atoms with E-state index in [0.717, 1.165) is 5.69 Å². The average molecular weight is 396 g/mol. The van der Waals surface area contributed by atoms with Crippen molar-refractivity contribution in [2.75, 3.05) is 19.0 Å². The van der Waals surface area contributed by atoms with E-state index in [1.54, 1.807) is 42.5 Å². The zero-order valence-electron chi connectivity index (χ0n) is 16.1. The fourth-order valence-electron chi connectivity index (χ4n) is 2.63. The molecule has 9 nitrogen and oxygen atoms in total. The predicted molar refractivity (Wildman–Crippen MR) is 110 cm³/mol. The number of nitrogens with zero attached hydrogens (tertiary/aromatic N) is 3. The minimum absolute atomic E-state index is 0.264. The normalized spacial score (nSPS) is 12.2. The van der Waals surface area contributed by atoms with Crippen molar-refractivity contribution in [2.45, 2.75) is 13.0 Å². The van der Waals surface area contributed by atoms with Gasteiger partial charge in [0.15, 0.2) is 6.10 Å². The Morgan fingerprint density at radius 3 is 2.66 bits per heavy atom. The number of fused-ring (bicyclic) bond motifs is 1. The van der Waals surface area contributed by atoms with Gasteiger partial charge in [-0.15, -0.1) is 4.68 Å². The summed E-state index contributed by atoms with van der Waals surface area (Å²) in [7, 11) is 3.67. The molecule has 150 valence electrons. The fourth-order valence-corrected chi connectivity index (χ4v) is 2.63. The summed E-state index contributed by atoms with van der Waals surface area (Å²) in [6, 6.07) is 11.7. The highest BCUT2D eigenvalue weighted by molar-refractivity contribution is 5.85. The Hall–Kier alpha value is -3.88. The number of H-pyrrole nitrogens is 1. The van der Waals surface area contributed by atoms with Crippen molar-refractivity contribution in [1.82, 2.24) is 9.66 Å². The molecule has 0 aliphatic carbocycles. The predicted octanol–water partition coefficient (Wildman–Crippen LogP) is 1.49. The number of hydrogen-bond donors (Lipinski definition) is 2. The van der Waals surface area contributed by atoms with E-state index >= 15 is 0 Å². The quantitative estimate of drug-likeness (QED) is 0.610. The number of rotatable bonds is 6. The van der Waals surface area contributed by atoms with Crippen LogP contribution >= 0.6 is 0 Å². The largest absolute Gasteiger partial charge is 0.479 e. The molecular formula is C20H20N4O5. The van der Waals surface area contributed by atoms with Crippen molar-refractivity contribution in [3.05, 3.63) is 68.9 Å². The molecule has 9 heteroatoms. The molecule has 3 rings (SSSR count). The second-order valence-electron chi connectivity index (χ2n) is 6.55. The maximum Gasteiger partial charge on any atom is 0.349 e. The van der Waals surface area contributed by atoms with E-state index in [9.17, 15) is 14.4 Å². The van der Waals surface area contributed by atoms with E-state index in [1.165, 1.54) is 13.1 Å². The van der Waals surface area contributed by atoms with Gasteiger partial charge in [-0.1, -0.05) is 12.1 Å². The molecule has 1 heterocycles. The summed E-state index contributed by atoms with van der Waals surface area (Å²) in [5.74, 6) is -0.856. The molecule has 3 aromatic rings. The number of para-hydroxylation sites is 1. The first-order valence-electron chi connectivity index (χ1n) is 8.77. The molecule has 1 aromatic heterocycles. The molecule has 0 aliphatic rings. The lowest BCUT2D eigenvalue weighted by molar-refractivity contribution is -0.144. The minimum atomic E-state index is -1.12. The summed E-state index contributed by atoms with van der Waals surface area (Å²) in [5.41, 5.74) is 0.380. The van der Waals surface area contributed by atoms with Gasteiger partial charge in [0.1, 0.15) is 5.75 Å². The molecule has 0 saturated heterocycles. The number of carboxylic acid groups (broad SMARTS) is 1. The minimum Gasteiger partial charge on any atom is -0.479 e. The molecule has 2 N–H and O–H groups in total. The molecule has 0 bridgehead atoms. The summed E-state index contributed by atoms with van der Waals surface area (Å²) in [5, 5.41) is 13.5. The molecule has 29 heavy (non-hydrogen) atoms. The van der Waals surface area contributed by atoms with E-state index in [-0.39, 0.29) is 5.75 Å². The lowest BCUT2D eigenvalue weighted by atomic mass is 10.2. The number of carbonyl (C=O) groups is 1. The fraction of sp³-hybridized carbons (Fsp3) is 0.200. The van der Waals surface area contributed by atoms with Gasteiger partial charge in [0.25, 0.3) is 5.56 Å². The molecular weight excluding hydrogens is 376 g/mol. The molecule has 0 aliphatic heterocycles. The van der Waals surface area contributed by atoms with Gasteiger partial charge in [0, 0.05) is 31.4 Å². The number of carboxylic acids is 1. The third-order valence-corrected chi connectivity index (χ3v) is 4.26. The standard InChI is InChI=1S/C20H20N4O5/c1-12(19(26)27)29-17-10-14(23(2)3)9-8-13(17)11-21-24-18(25)15-6-4-5-7-16(15)22-20(24)28/h4-12H,1-3H3,(H,22,28)(H,26,27)/t12-/m0/s1. The molecule has 2 aromatic carbocycles. The lowest BCUT2D eigenvalue weighted by Gasteiger charge is -2.17. The van der Waals surface area contributed by atoms with Gasteiger partial charge in [-0.2, -0.15) is 5.10 Å². The number of nitrogens with one attached hydrogen (secondary N) is 1. The Kier molecular flexibility index (Phi) is 5.49. The lowest BCUT2D eigenvalue weighted by Crippen LogP contribution is -2.32. The molecule has 0 radical (unpaired) electrons. The van der Waals surface area contributed by atoms with E-state index in [0.29, 0.717) is 21.1 Å². The smallest absolute Gasteiger partial charge is 0.349 e. The summed E-state index contributed by atoms with van der Waals surface area (Å²) >= 11 is 0. The first-order chi connectivity index (χ1) is 13.8. The first kappa shape index (κ1) is 19.9. The van der Waals surface area contributed by atoms with Crippen LogP contribution in [0.1, 0.15) is 12.5 Å². The maximum atomic E-state index is 12.6. The van der Waals surface area contributed by atoms with Gasteiger partial charge in [-0.05, 0) is 31.2 Å². The van der Waals surface area contributed by atoms with Gasteiger partial charge in [-0.25, -0.2) is 9.59 Å². The molecule has 0 amide bonds. The van der Waals surface area contributed by atoms with Crippen LogP contribution in [0.3, 0.4) is 0 Å². The number of aromatic amines is 1. The summed E-state index contributed by atoms with van der Waals surface area (Å²) < 4.78 is 6.24. The van der Waals surface area contributed by atoms with Crippen LogP contribution in [0.2, 0.25) is 0 Å². The van der Waals surface area contributed by atoms with Crippen molar-refractivity contribution in [3.63, 3.8) is 0 Å². The van der Waals surface area contributed by atoms with Gasteiger partial charge >= 0.3 is 11.7 Å². The molecule has 0 spiro atoms. The van der Waals surface area contributed by atoms with E-state index in [4.69, 9.17) is 9.84 Å². The summed E-state index contributed by atoms with van der Waals surface area (Å²) in [6.07, 6.45) is 0.195. The number of hydrogen-bond acceptors (Lipinski definition) is 6. The van der Waals surface area contributed by atoms with Crippen LogP contribution < -0.4 is 20.9 Å². The summed E-state index contributed by atoms with van der Waals surface area (Å²) in [6.45, 7) is 1.41. The van der Waals surface area contributed by atoms with E-state index in [2.05, 4.69) is 10.1 Å². The molecule has 0 fully saturated rings. The molecule has 0 saturated carbocycles. The Morgan fingerprint density at radius 1 is 1.24 bits per heavy atom. The Labute approximate surface area is 165 Å². The van der Waals surface area contributed by atoms with Crippen LogP contribution in [0, 0.1) is 0 Å². The van der Waals surface area contributed by atoms with Crippen LogP contribution in [-0.2, 0) is 4.79 Å².